The fraction of sp³-hybridized carbons (Fsp3) is 0.500. The lowest BCUT2D eigenvalue weighted by atomic mass is 10.1. The lowest BCUT2D eigenvalue weighted by Crippen LogP contribution is -2.30. The molecule has 1 fully saturated rings. The quantitative estimate of drug-likeness (QED) is 0.708. The summed E-state index contributed by atoms with van der Waals surface area (Å²) in [5.41, 5.74) is 5.94. The van der Waals surface area contributed by atoms with Gasteiger partial charge in [0.1, 0.15) is 12.2 Å². The van der Waals surface area contributed by atoms with Gasteiger partial charge in [0.25, 0.3) is 0 Å². The normalized spacial score (nSPS) is 28.4. The SMILES string of the molecule is COc1nc(N)nc2c1c(Br)cn2[C@@H]1O[C@H](CO)[C@@H](O)[C@@H]1F. The second-order valence-corrected chi connectivity index (χ2v) is 5.71. The molecule has 22 heavy (non-hydrogen) atoms. The van der Waals surface area contributed by atoms with Gasteiger partial charge in [0.05, 0.1) is 23.6 Å². The molecule has 0 bridgehead atoms. The summed E-state index contributed by atoms with van der Waals surface area (Å²) in [6, 6.07) is 0. The van der Waals surface area contributed by atoms with E-state index in [4.69, 9.17) is 20.3 Å². The van der Waals surface area contributed by atoms with E-state index in [0.29, 0.717) is 15.5 Å². The van der Waals surface area contributed by atoms with Gasteiger partial charge < -0.3 is 30.0 Å². The van der Waals surface area contributed by atoms with Crippen LogP contribution in [-0.2, 0) is 4.74 Å². The molecule has 2 aromatic heterocycles. The summed E-state index contributed by atoms with van der Waals surface area (Å²) in [5.74, 6) is 0.199. The van der Waals surface area contributed by atoms with Crippen LogP contribution in [-0.4, -0.2) is 56.8 Å². The van der Waals surface area contributed by atoms with Gasteiger partial charge in [-0.2, -0.15) is 9.97 Å². The minimum Gasteiger partial charge on any atom is -0.480 e. The number of aliphatic hydroxyl groups is 2. The largest absolute Gasteiger partial charge is 0.480 e. The highest BCUT2D eigenvalue weighted by Gasteiger charge is 2.45. The van der Waals surface area contributed by atoms with Gasteiger partial charge in [-0.3, -0.25) is 0 Å². The van der Waals surface area contributed by atoms with Crippen LogP contribution in [0.2, 0.25) is 0 Å². The molecule has 0 aliphatic carbocycles. The number of nitrogens with two attached hydrogens (primary N) is 1. The Hall–Kier alpha value is -1.49. The van der Waals surface area contributed by atoms with Crippen LogP contribution in [0.4, 0.5) is 10.3 Å². The van der Waals surface area contributed by atoms with Gasteiger partial charge >= 0.3 is 0 Å². The van der Waals surface area contributed by atoms with E-state index in [1.54, 1.807) is 6.20 Å². The molecule has 3 heterocycles. The lowest BCUT2D eigenvalue weighted by molar-refractivity contribution is -0.0457. The standard InChI is InChI=1S/C12H14BrFN4O4/c1-21-10-6-4(13)2-18(9(6)16-12(15)17-10)11-7(14)8(20)5(3-19)22-11/h2,5,7-8,11,19-20H,3H2,1H3,(H2,15,16,17)/t5-,7+,8-,11-/m1/s1. The Balaban J connectivity index is 2.14. The van der Waals surface area contributed by atoms with Crippen molar-refractivity contribution in [3.63, 3.8) is 0 Å². The maximum absolute atomic E-state index is 14.3. The fourth-order valence-corrected chi connectivity index (χ4v) is 3.08. The second-order valence-electron chi connectivity index (χ2n) is 4.86. The average Bonchev–Trinajstić information content (AvgIpc) is 2.97. The zero-order valence-electron chi connectivity index (χ0n) is 11.5. The summed E-state index contributed by atoms with van der Waals surface area (Å²) in [6.07, 6.45) is -3.74. The predicted molar refractivity (Wildman–Crippen MR) is 78.1 cm³/mol. The van der Waals surface area contributed by atoms with E-state index in [0.717, 1.165) is 0 Å². The Morgan fingerprint density at radius 2 is 2.27 bits per heavy atom. The van der Waals surface area contributed by atoms with Crippen molar-refractivity contribution in [3.8, 4) is 5.88 Å². The smallest absolute Gasteiger partial charge is 0.228 e. The van der Waals surface area contributed by atoms with Crippen molar-refractivity contribution in [1.82, 2.24) is 14.5 Å². The van der Waals surface area contributed by atoms with Crippen molar-refractivity contribution in [2.75, 3.05) is 19.5 Å². The molecule has 1 aliphatic rings. The number of alkyl halides is 1. The molecule has 1 aliphatic heterocycles. The highest BCUT2D eigenvalue weighted by Crippen LogP contribution is 2.39. The summed E-state index contributed by atoms with van der Waals surface area (Å²) in [7, 11) is 1.43. The minimum absolute atomic E-state index is 0.0381. The fourth-order valence-electron chi connectivity index (χ4n) is 2.51. The Morgan fingerprint density at radius 1 is 1.55 bits per heavy atom. The second kappa shape index (κ2) is 5.61. The van der Waals surface area contributed by atoms with Crippen LogP contribution in [0.5, 0.6) is 5.88 Å². The number of hydrogen-bond donors (Lipinski definition) is 3. The number of ether oxygens (including phenoxy) is 2. The Bertz CT molecular complexity index is 712. The molecule has 0 radical (unpaired) electrons. The van der Waals surface area contributed by atoms with Crippen molar-refractivity contribution >= 4 is 32.9 Å². The monoisotopic (exact) mass is 376 g/mol. The van der Waals surface area contributed by atoms with E-state index in [-0.39, 0.29) is 11.8 Å². The number of nitrogens with zero attached hydrogens (tertiary/aromatic N) is 3. The maximum Gasteiger partial charge on any atom is 0.228 e. The van der Waals surface area contributed by atoms with Crippen LogP contribution in [0.3, 0.4) is 0 Å². The Labute approximate surface area is 132 Å². The van der Waals surface area contributed by atoms with E-state index in [9.17, 15) is 9.50 Å². The van der Waals surface area contributed by atoms with E-state index in [1.807, 2.05) is 0 Å². The number of halogens is 2. The predicted octanol–water partition coefficient (Wildman–Crippen LogP) is 0.373. The van der Waals surface area contributed by atoms with Gasteiger partial charge in [-0.05, 0) is 15.9 Å². The van der Waals surface area contributed by atoms with Gasteiger partial charge in [0.15, 0.2) is 18.0 Å². The first-order valence-electron chi connectivity index (χ1n) is 6.44. The lowest BCUT2D eigenvalue weighted by Gasteiger charge is -2.16. The number of aliphatic hydroxyl groups excluding tert-OH is 2. The van der Waals surface area contributed by atoms with Crippen molar-refractivity contribution in [2.45, 2.75) is 24.6 Å². The van der Waals surface area contributed by atoms with Crippen LogP contribution in [0, 0.1) is 0 Å². The van der Waals surface area contributed by atoms with Crippen molar-refractivity contribution < 1.29 is 24.1 Å². The molecule has 0 amide bonds. The molecule has 0 saturated carbocycles. The molecular weight excluding hydrogens is 363 g/mol. The molecule has 8 nitrogen and oxygen atoms in total. The van der Waals surface area contributed by atoms with Crippen LogP contribution in [0.15, 0.2) is 10.7 Å². The molecule has 0 aromatic carbocycles. The van der Waals surface area contributed by atoms with Crippen LogP contribution < -0.4 is 10.5 Å². The summed E-state index contributed by atoms with van der Waals surface area (Å²) in [5, 5.41) is 19.4. The molecule has 3 rings (SSSR count). The van der Waals surface area contributed by atoms with Crippen molar-refractivity contribution in [3.05, 3.63) is 10.7 Å². The first-order chi connectivity index (χ1) is 10.5. The van der Waals surface area contributed by atoms with Gasteiger partial charge in [0, 0.05) is 6.20 Å². The first-order valence-corrected chi connectivity index (χ1v) is 7.23. The summed E-state index contributed by atoms with van der Waals surface area (Å²) < 4.78 is 26.8. The Morgan fingerprint density at radius 3 is 2.86 bits per heavy atom. The maximum atomic E-state index is 14.3. The summed E-state index contributed by atoms with van der Waals surface area (Å²) >= 11 is 3.34. The number of methoxy groups -OCH3 is 1. The first kappa shape index (κ1) is 15.4. The number of hydrogen-bond acceptors (Lipinski definition) is 7. The number of anilines is 1. The minimum atomic E-state index is -1.72. The highest BCUT2D eigenvalue weighted by molar-refractivity contribution is 9.10. The molecule has 1 saturated heterocycles. The zero-order valence-corrected chi connectivity index (χ0v) is 13.1. The van der Waals surface area contributed by atoms with Crippen LogP contribution in [0.1, 0.15) is 6.23 Å². The van der Waals surface area contributed by atoms with Crippen molar-refractivity contribution in [2.24, 2.45) is 0 Å². The molecular formula is C12H14BrFN4O4. The average molecular weight is 377 g/mol. The van der Waals surface area contributed by atoms with Crippen LogP contribution >= 0.6 is 15.9 Å². The number of rotatable bonds is 3. The third kappa shape index (κ3) is 2.22. The summed E-state index contributed by atoms with van der Waals surface area (Å²) in [6.45, 7) is -0.487. The topological polar surface area (TPSA) is 116 Å². The number of fused-ring (bicyclic) bond motifs is 1. The van der Waals surface area contributed by atoms with Crippen LogP contribution in [0.25, 0.3) is 11.0 Å². The molecule has 0 spiro atoms. The third-order valence-electron chi connectivity index (χ3n) is 3.55. The van der Waals surface area contributed by atoms with E-state index < -0.39 is 31.2 Å². The molecule has 2 aromatic rings. The molecule has 4 N–H and O–H groups in total. The van der Waals surface area contributed by atoms with Crippen molar-refractivity contribution in [1.29, 1.82) is 0 Å². The van der Waals surface area contributed by atoms with Gasteiger partial charge in [-0.15, -0.1) is 0 Å². The van der Waals surface area contributed by atoms with E-state index >= 15 is 0 Å². The molecule has 0 unspecified atom stereocenters. The zero-order chi connectivity index (χ0) is 16.0. The van der Waals surface area contributed by atoms with E-state index in [1.165, 1.54) is 11.7 Å². The Kier molecular flexibility index (Phi) is 3.93. The number of nitrogen functional groups attached to an aromatic ring is 1. The number of aromatic nitrogens is 3. The molecule has 120 valence electrons. The third-order valence-corrected chi connectivity index (χ3v) is 4.15. The highest BCUT2D eigenvalue weighted by atomic mass is 79.9. The van der Waals surface area contributed by atoms with E-state index in [2.05, 4.69) is 25.9 Å². The summed E-state index contributed by atoms with van der Waals surface area (Å²) in [4.78, 5) is 8.05. The molecule has 10 heteroatoms. The molecule has 4 atom stereocenters. The van der Waals surface area contributed by atoms with Gasteiger partial charge in [-0.1, -0.05) is 0 Å². The van der Waals surface area contributed by atoms with Gasteiger partial charge in [0.2, 0.25) is 11.8 Å². The van der Waals surface area contributed by atoms with Gasteiger partial charge in [-0.25, -0.2) is 4.39 Å².